The molecule has 0 saturated carbocycles. The molecule has 0 saturated heterocycles. The zero-order valence-electron chi connectivity index (χ0n) is 26.7. The van der Waals surface area contributed by atoms with Crippen LogP contribution in [0.25, 0.3) is 0 Å². The van der Waals surface area contributed by atoms with E-state index in [1.807, 2.05) is 59.2 Å². The lowest BCUT2D eigenvalue weighted by molar-refractivity contribution is -0.671. The summed E-state index contributed by atoms with van der Waals surface area (Å²) in [6, 6.07) is 20.0. The number of unbranched alkanes of at least 4 members (excludes halogenated alkanes) is 13. The Morgan fingerprint density at radius 1 is 0.714 bits per heavy atom. The Morgan fingerprint density at radius 3 is 1.86 bits per heavy atom. The second-order valence-corrected chi connectivity index (χ2v) is 11.9. The molecule has 0 aliphatic rings. The molecule has 0 spiro atoms. The molecule has 1 heterocycles. The van der Waals surface area contributed by atoms with Crippen molar-refractivity contribution in [2.75, 3.05) is 6.61 Å². The van der Waals surface area contributed by atoms with Crippen molar-refractivity contribution in [2.24, 2.45) is 7.05 Å². The van der Waals surface area contributed by atoms with Crippen LogP contribution < -0.4 is 9.30 Å². The van der Waals surface area contributed by atoms with Gasteiger partial charge in [0.25, 0.3) is 5.91 Å². The molecule has 0 radical (unpaired) electrons. The minimum Gasteiger partial charge on any atom is -0.494 e. The molecule has 0 N–H and O–H groups in total. The number of nitrogens with zero attached hydrogens (tertiary/aromatic N) is 2. The molecule has 0 fully saturated rings. The highest BCUT2D eigenvalue weighted by Gasteiger charge is 2.18. The minimum atomic E-state index is 0.0429. The van der Waals surface area contributed by atoms with Crippen LogP contribution in [0.5, 0.6) is 5.75 Å². The number of amides is 1. The van der Waals surface area contributed by atoms with Gasteiger partial charge >= 0.3 is 0 Å². The predicted octanol–water partition coefficient (Wildman–Crippen LogP) is 9.52. The fraction of sp³-hybridized carbons (Fsp3) is 0.526. The topological polar surface area (TPSA) is 33.4 Å². The van der Waals surface area contributed by atoms with Gasteiger partial charge in [-0.1, -0.05) is 115 Å². The molecule has 228 valence electrons. The van der Waals surface area contributed by atoms with Crippen molar-refractivity contribution in [1.29, 1.82) is 0 Å². The van der Waals surface area contributed by atoms with Crippen LogP contribution in [-0.2, 0) is 20.1 Å². The van der Waals surface area contributed by atoms with Gasteiger partial charge in [-0.05, 0) is 54.3 Å². The van der Waals surface area contributed by atoms with Crippen LogP contribution in [0.1, 0.15) is 124 Å². The molecule has 42 heavy (non-hydrogen) atoms. The smallest absolute Gasteiger partial charge is 0.254 e. The summed E-state index contributed by atoms with van der Waals surface area (Å²) in [6.07, 6.45) is 23.1. The van der Waals surface area contributed by atoms with E-state index in [1.165, 1.54) is 83.5 Å². The van der Waals surface area contributed by atoms with Crippen LogP contribution in [-0.4, -0.2) is 17.4 Å². The fourth-order valence-corrected chi connectivity index (χ4v) is 5.45. The molecule has 3 aromatic rings. The van der Waals surface area contributed by atoms with Crippen molar-refractivity contribution in [3.8, 4) is 5.75 Å². The molecule has 3 rings (SSSR count). The zero-order chi connectivity index (χ0) is 29.8. The van der Waals surface area contributed by atoms with Gasteiger partial charge in [0.1, 0.15) is 12.8 Å². The van der Waals surface area contributed by atoms with E-state index < -0.39 is 0 Å². The van der Waals surface area contributed by atoms with E-state index in [2.05, 4.69) is 44.2 Å². The lowest BCUT2D eigenvalue weighted by Gasteiger charge is -2.24. The number of rotatable bonds is 21. The summed E-state index contributed by atoms with van der Waals surface area (Å²) in [5.41, 5.74) is 4.12. The minimum absolute atomic E-state index is 0.0429. The molecule has 2 aromatic carbocycles. The van der Waals surface area contributed by atoms with E-state index in [-0.39, 0.29) is 5.91 Å². The number of aryl methyl sites for hydroxylation is 2. The maximum atomic E-state index is 13.5. The van der Waals surface area contributed by atoms with E-state index in [0.29, 0.717) is 18.7 Å². The van der Waals surface area contributed by atoms with E-state index in [9.17, 15) is 4.79 Å². The quantitative estimate of drug-likeness (QED) is 0.0942. The molecule has 1 amide bonds. The monoisotopic (exact) mass is 571 g/mol. The van der Waals surface area contributed by atoms with Gasteiger partial charge in [-0.25, -0.2) is 4.57 Å². The van der Waals surface area contributed by atoms with Crippen LogP contribution in [0.3, 0.4) is 0 Å². The zero-order valence-corrected chi connectivity index (χ0v) is 26.7. The fourth-order valence-electron chi connectivity index (χ4n) is 5.45. The summed E-state index contributed by atoms with van der Waals surface area (Å²) in [4.78, 5) is 15.4. The molecule has 0 aliphatic carbocycles. The van der Waals surface area contributed by atoms with Gasteiger partial charge in [0.05, 0.1) is 6.61 Å². The van der Waals surface area contributed by atoms with Gasteiger partial charge in [0.2, 0.25) is 0 Å². The van der Waals surface area contributed by atoms with Gasteiger partial charge in [0.15, 0.2) is 12.4 Å². The Morgan fingerprint density at radius 2 is 1.29 bits per heavy atom. The summed E-state index contributed by atoms with van der Waals surface area (Å²) in [7, 11) is 2.00. The second kappa shape index (κ2) is 19.9. The Balaban J connectivity index is 1.37. The highest BCUT2D eigenvalue weighted by atomic mass is 16.5. The first-order chi connectivity index (χ1) is 20.6. The Labute approximate surface area is 256 Å². The number of aromatic nitrogens is 1. The highest BCUT2D eigenvalue weighted by Crippen LogP contribution is 2.22. The predicted molar refractivity (Wildman–Crippen MR) is 175 cm³/mol. The maximum Gasteiger partial charge on any atom is 0.254 e. The van der Waals surface area contributed by atoms with Crippen molar-refractivity contribution < 1.29 is 14.1 Å². The average Bonchev–Trinajstić information content (AvgIpc) is 3.01. The molecule has 0 atom stereocenters. The first-order valence-corrected chi connectivity index (χ1v) is 16.6. The lowest BCUT2D eigenvalue weighted by atomic mass is 10.0. The standard InChI is InChI=1S/C38H55N2O2/c1-4-5-6-7-8-9-10-11-12-13-14-15-16-20-29-42-37-24-23-36(33(2)30-37)32-40(31-34-25-27-39(3)28-26-34)38(41)35-21-18-17-19-22-35/h17-19,21-28,30H,4-16,20,29,31-32H2,1-3H3/q+1. The second-order valence-electron chi connectivity index (χ2n) is 11.9. The number of hydrogen-bond acceptors (Lipinski definition) is 2. The van der Waals surface area contributed by atoms with Crippen LogP contribution in [0.15, 0.2) is 73.1 Å². The van der Waals surface area contributed by atoms with Crippen LogP contribution in [0.4, 0.5) is 0 Å². The summed E-state index contributed by atoms with van der Waals surface area (Å²) in [5.74, 6) is 0.962. The lowest BCUT2D eigenvalue weighted by Crippen LogP contribution is -2.31. The maximum absolute atomic E-state index is 13.5. The normalized spacial score (nSPS) is 11.0. The number of benzene rings is 2. The number of carbonyl (C=O) groups is 1. The number of carbonyl (C=O) groups excluding carboxylic acids is 1. The number of hydrogen-bond donors (Lipinski definition) is 0. The Kier molecular flexibility index (Phi) is 15.8. The average molecular weight is 572 g/mol. The van der Waals surface area contributed by atoms with Crippen LogP contribution in [0, 0.1) is 6.92 Å². The molecule has 0 unspecified atom stereocenters. The third-order valence-electron chi connectivity index (χ3n) is 8.17. The van der Waals surface area contributed by atoms with Gasteiger partial charge in [-0.3, -0.25) is 4.79 Å². The Bertz CT molecular complexity index is 1140. The SMILES string of the molecule is CCCCCCCCCCCCCCCCOc1ccc(CN(Cc2cc[n+](C)cc2)C(=O)c2ccccc2)c(C)c1. The number of pyridine rings is 1. The van der Waals surface area contributed by atoms with Crippen molar-refractivity contribution in [1.82, 2.24) is 4.90 Å². The molecular formula is C38H55N2O2+. The van der Waals surface area contributed by atoms with E-state index in [0.717, 1.165) is 35.5 Å². The summed E-state index contributed by atoms with van der Waals surface area (Å²) in [5, 5.41) is 0. The summed E-state index contributed by atoms with van der Waals surface area (Å²) < 4.78 is 8.10. The summed E-state index contributed by atoms with van der Waals surface area (Å²) in [6.45, 7) is 6.28. The third-order valence-corrected chi connectivity index (χ3v) is 8.17. The molecule has 0 aliphatic heterocycles. The number of ether oxygens (including phenoxy) is 1. The molecule has 1 aromatic heterocycles. The largest absolute Gasteiger partial charge is 0.494 e. The molecule has 4 heteroatoms. The first-order valence-electron chi connectivity index (χ1n) is 16.6. The van der Waals surface area contributed by atoms with Gasteiger partial charge in [0, 0.05) is 30.8 Å². The van der Waals surface area contributed by atoms with Gasteiger partial charge in [-0.15, -0.1) is 0 Å². The highest BCUT2D eigenvalue weighted by molar-refractivity contribution is 5.94. The summed E-state index contributed by atoms with van der Waals surface area (Å²) >= 11 is 0. The van der Waals surface area contributed by atoms with Crippen LogP contribution in [0.2, 0.25) is 0 Å². The molecular weight excluding hydrogens is 516 g/mol. The molecule has 4 nitrogen and oxygen atoms in total. The van der Waals surface area contributed by atoms with Crippen molar-refractivity contribution in [2.45, 2.75) is 117 Å². The van der Waals surface area contributed by atoms with E-state index in [4.69, 9.17) is 4.74 Å². The van der Waals surface area contributed by atoms with Gasteiger partial charge < -0.3 is 9.64 Å². The van der Waals surface area contributed by atoms with E-state index >= 15 is 0 Å². The Hall–Kier alpha value is -3.14. The van der Waals surface area contributed by atoms with Gasteiger partial charge in [-0.2, -0.15) is 0 Å². The van der Waals surface area contributed by atoms with Crippen LogP contribution >= 0.6 is 0 Å². The van der Waals surface area contributed by atoms with Crippen molar-refractivity contribution in [3.05, 3.63) is 95.3 Å². The van der Waals surface area contributed by atoms with E-state index in [1.54, 1.807) is 0 Å². The van der Waals surface area contributed by atoms with Crippen molar-refractivity contribution >= 4 is 5.91 Å². The van der Waals surface area contributed by atoms with Crippen molar-refractivity contribution in [3.63, 3.8) is 0 Å². The first kappa shape index (κ1) is 33.4. The molecule has 0 bridgehead atoms. The third kappa shape index (κ3) is 12.8.